The van der Waals surface area contributed by atoms with Crippen LogP contribution in [0.4, 0.5) is 0 Å². The first-order valence-corrected chi connectivity index (χ1v) is 10.5. The van der Waals surface area contributed by atoms with E-state index in [1.807, 2.05) is 42.5 Å². The van der Waals surface area contributed by atoms with Crippen LogP contribution in [0.2, 0.25) is 5.02 Å². The Kier molecular flexibility index (Phi) is 7.11. The summed E-state index contributed by atoms with van der Waals surface area (Å²) in [6.45, 7) is 6.37. The van der Waals surface area contributed by atoms with Crippen molar-refractivity contribution in [3.63, 3.8) is 0 Å². The van der Waals surface area contributed by atoms with Gasteiger partial charge >= 0.3 is 5.97 Å². The fraction of sp³-hybridized carbons (Fsp3) is 0.280. The van der Waals surface area contributed by atoms with Crippen molar-refractivity contribution in [2.75, 3.05) is 0 Å². The lowest BCUT2D eigenvalue weighted by Gasteiger charge is -2.17. The molecule has 156 valence electrons. The van der Waals surface area contributed by atoms with E-state index in [9.17, 15) is 9.90 Å². The molecule has 4 nitrogen and oxygen atoms in total. The summed E-state index contributed by atoms with van der Waals surface area (Å²) < 4.78 is 6.03. The minimum atomic E-state index is -1.02. The molecule has 0 radical (unpaired) electrons. The number of carbonyl (C=O) groups is 1. The normalized spacial score (nSPS) is 11.0. The van der Waals surface area contributed by atoms with Crippen molar-refractivity contribution in [2.45, 2.75) is 46.1 Å². The van der Waals surface area contributed by atoms with Crippen LogP contribution < -0.4 is 4.74 Å². The second kappa shape index (κ2) is 9.77. The van der Waals surface area contributed by atoms with Crippen molar-refractivity contribution in [3.8, 4) is 16.9 Å². The first kappa shape index (κ1) is 21.8. The van der Waals surface area contributed by atoms with E-state index in [1.165, 1.54) is 0 Å². The van der Waals surface area contributed by atoms with Gasteiger partial charge in [0.25, 0.3) is 0 Å². The van der Waals surface area contributed by atoms with Crippen molar-refractivity contribution in [2.24, 2.45) is 0 Å². The Balaban J connectivity index is 2.02. The van der Waals surface area contributed by atoms with E-state index in [4.69, 9.17) is 21.3 Å². The summed E-state index contributed by atoms with van der Waals surface area (Å²) in [7, 11) is 0. The van der Waals surface area contributed by atoms with E-state index in [0.717, 1.165) is 41.0 Å². The molecule has 0 atom stereocenters. The standard InChI is InChI=1S/C25H26ClNO3/c1-4-8-22-20(17-9-7-10-18(26)13-17)14-21(25(28)29)23(27-22)15-30-24-12-6-5-11-19(24)16(2)3/h5-7,9-14,16H,4,8,15H2,1-3H3,(H,28,29). The Morgan fingerprint density at radius 1 is 1.10 bits per heavy atom. The van der Waals surface area contributed by atoms with Gasteiger partial charge in [-0.25, -0.2) is 4.79 Å². The average molecular weight is 424 g/mol. The molecule has 0 aliphatic heterocycles. The van der Waals surface area contributed by atoms with Crippen molar-refractivity contribution < 1.29 is 14.6 Å². The number of benzene rings is 2. The van der Waals surface area contributed by atoms with Gasteiger partial charge in [0, 0.05) is 16.3 Å². The highest BCUT2D eigenvalue weighted by atomic mass is 35.5. The molecule has 3 aromatic rings. The predicted molar refractivity (Wildman–Crippen MR) is 121 cm³/mol. The Morgan fingerprint density at radius 2 is 1.87 bits per heavy atom. The van der Waals surface area contributed by atoms with Crippen LogP contribution in [0.25, 0.3) is 11.1 Å². The third-order valence-electron chi connectivity index (χ3n) is 4.94. The van der Waals surface area contributed by atoms with E-state index >= 15 is 0 Å². The van der Waals surface area contributed by atoms with Crippen LogP contribution in [0.5, 0.6) is 5.75 Å². The summed E-state index contributed by atoms with van der Waals surface area (Å²) in [5.74, 6) is 0.0279. The minimum absolute atomic E-state index is 0.0951. The second-order valence-electron chi connectivity index (χ2n) is 7.52. The fourth-order valence-electron chi connectivity index (χ4n) is 3.46. The summed E-state index contributed by atoms with van der Waals surface area (Å²) in [5, 5.41) is 10.4. The maximum absolute atomic E-state index is 12.0. The van der Waals surface area contributed by atoms with Crippen molar-refractivity contribution in [1.29, 1.82) is 0 Å². The van der Waals surface area contributed by atoms with Crippen LogP contribution >= 0.6 is 11.6 Å². The summed E-state index contributed by atoms with van der Waals surface area (Å²) in [4.78, 5) is 16.7. The van der Waals surface area contributed by atoms with E-state index in [1.54, 1.807) is 12.1 Å². The van der Waals surface area contributed by atoms with Gasteiger partial charge in [0.05, 0.1) is 11.3 Å². The molecule has 0 saturated carbocycles. The van der Waals surface area contributed by atoms with Gasteiger partial charge in [-0.3, -0.25) is 4.98 Å². The number of halogens is 1. The Labute approximate surface area is 182 Å². The molecule has 0 spiro atoms. The molecule has 0 fully saturated rings. The van der Waals surface area contributed by atoms with Gasteiger partial charge in [0.2, 0.25) is 0 Å². The molecule has 0 aliphatic rings. The van der Waals surface area contributed by atoms with Gasteiger partial charge in [-0.2, -0.15) is 0 Å². The maximum atomic E-state index is 12.0. The van der Waals surface area contributed by atoms with Gasteiger partial charge in [0.1, 0.15) is 12.4 Å². The Hall–Kier alpha value is -2.85. The number of hydrogen-bond acceptors (Lipinski definition) is 3. The van der Waals surface area contributed by atoms with Crippen LogP contribution in [-0.2, 0) is 13.0 Å². The zero-order valence-electron chi connectivity index (χ0n) is 17.5. The molecule has 1 N–H and O–H groups in total. The number of aromatic nitrogens is 1. The number of hydrogen-bond donors (Lipinski definition) is 1. The van der Waals surface area contributed by atoms with Crippen LogP contribution in [0.3, 0.4) is 0 Å². The fourth-order valence-corrected chi connectivity index (χ4v) is 3.65. The summed E-state index contributed by atoms with van der Waals surface area (Å²) in [5.41, 5.74) is 4.16. The van der Waals surface area contributed by atoms with Gasteiger partial charge in [-0.15, -0.1) is 0 Å². The van der Waals surface area contributed by atoms with Gasteiger partial charge < -0.3 is 9.84 Å². The Bertz CT molecular complexity index is 1050. The molecule has 1 aromatic heterocycles. The zero-order valence-corrected chi connectivity index (χ0v) is 18.2. The highest BCUT2D eigenvalue weighted by molar-refractivity contribution is 6.30. The van der Waals surface area contributed by atoms with Crippen LogP contribution in [0.1, 0.15) is 60.4 Å². The van der Waals surface area contributed by atoms with Crippen molar-refractivity contribution in [3.05, 3.63) is 82.1 Å². The average Bonchev–Trinajstić information content (AvgIpc) is 2.72. The van der Waals surface area contributed by atoms with E-state index in [2.05, 4.69) is 20.8 Å². The van der Waals surface area contributed by atoms with Crippen LogP contribution in [0.15, 0.2) is 54.6 Å². The van der Waals surface area contributed by atoms with E-state index < -0.39 is 5.97 Å². The number of aromatic carboxylic acids is 1. The molecule has 0 unspecified atom stereocenters. The molecule has 5 heteroatoms. The number of rotatable bonds is 8. The summed E-state index contributed by atoms with van der Waals surface area (Å²) in [6, 6.07) is 16.9. The summed E-state index contributed by atoms with van der Waals surface area (Å²) in [6.07, 6.45) is 1.63. The van der Waals surface area contributed by atoms with E-state index in [-0.39, 0.29) is 12.2 Å². The van der Waals surface area contributed by atoms with Gasteiger partial charge in [-0.05, 0) is 47.7 Å². The number of carboxylic acid groups (broad SMARTS) is 1. The lowest BCUT2D eigenvalue weighted by Crippen LogP contribution is -2.12. The molecule has 0 amide bonds. The van der Waals surface area contributed by atoms with Crippen molar-refractivity contribution in [1.82, 2.24) is 4.98 Å². The minimum Gasteiger partial charge on any atom is -0.487 e. The van der Waals surface area contributed by atoms with Gasteiger partial charge in [0.15, 0.2) is 0 Å². The molecule has 0 bridgehead atoms. The topological polar surface area (TPSA) is 59.4 Å². The maximum Gasteiger partial charge on any atom is 0.337 e. The molecule has 30 heavy (non-hydrogen) atoms. The van der Waals surface area contributed by atoms with Crippen LogP contribution in [-0.4, -0.2) is 16.1 Å². The largest absolute Gasteiger partial charge is 0.487 e. The molecule has 0 saturated heterocycles. The third kappa shape index (κ3) is 5.00. The predicted octanol–water partition coefficient (Wildman–Crippen LogP) is 6.76. The third-order valence-corrected chi connectivity index (χ3v) is 5.17. The number of carboxylic acids is 1. The lowest BCUT2D eigenvalue weighted by atomic mass is 9.98. The molecule has 0 aliphatic carbocycles. The zero-order chi connectivity index (χ0) is 21.7. The molecule has 1 heterocycles. The monoisotopic (exact) mass is 423 g/mol. The lowest BCUT2D eigenvalue weighted by molar-refractivity contribution is 0.0693. The van der Waals surface area contributed by atoms with E-state index in [0.29, 0.717) is 16.6 Å². The summed E-state index contributed by atoms with van der Waals surface area (Å²) >= 11 is 6.16. The number of para-hydroxylation sites is 1. The quantitative estimate of drug-likeness (QED) is 0.435. The van der Waals surface area contributed by atoms with Gasteiger partial charge in [-0.1, -0.05) is 69.1 Å². The van der Waals surface area contributed by atoms with Crippen molar-refractivity contribution >= 4 is 17.6 Å². The number of aryl methyl sites for hydroxylation is 1. The number of pyridine rings is 1. The number of ether oxygens (including phenoxy) is 1. The smallest absolute Gasteiger partial charge is 0.337 e. The van der Waals surface area contributed by atoms with Crippen LogP contribution in [0, 0.1) is 0 Å². The first-order valence-electron chi connectivity index (χ1n) is 10.1. The number of nitrogens with zero attached hydrogens (tertiary/aromatic N) is 1. The highest BCUT2D eigenvalue weighted by Crippen LogP contribution is 2.30. The molecular formula is C25H26ClNO3. The second-order valence-corrected chi connectivity index (χ2v) is 7.96. The molecule has 3 rings (SSSR count). The Morgan fingerprint density at radius 3 is 2.53 bits per heavy atom. The first-order chi connectivity index (χ1) is 14.4. The SMILES string of the molecule is CCCc1nc(COc2ccccc2C(C)C)c(C(=O)O)cc1-c1cccc(Cl)c1. The highest BCUT2D eigenvalue weighted by Gasteiger charge is 2.19. The molecule has 2 aromatic carbocycles. The molecular weight excluding hydrogens is 398 g/mol.